The van der Waals surface area contributed by atoms with Gasteiger partial charge in [0.05, 0.1) is 17.7 Å². The summed E-state index contributed by atoms with van der Waals surface area (Å²) < 4.78 is 9.88. The van der Waals surface area contributed by atoms with E-state index < -0.39 is 11.9 Å². The number of nitrogens with one attached hydrogen (secondary N) is 1. The third kappa shape index (κ3) is 2.92. The number of aromatic carboxylic acids is 1. The van der Waals surface area contributed by atoms with Crippen molar-refractivity contribution in [2.45, 2.75) is 0 Å². The molecule has 20 heavy (non-hydrogen) atoms. The van der Waals surface area contributed by atoms with Crippen LogP contribution < -0.4 is 10.1 Å². The first kappa shape index (κ1) is 14.0. The molecule has 2 N–H and O–H groups in total. The number of carboxylic acid groups (broad SMARTS) is 1. The van der Waals surface area contributed by atoms with Crippen molar-refractivity contribution in [2.75, 3.05) is 12.4 Å². The molecule has 0 bridgehead atoms. The Morgan fingerprint density at radius 2 is 2.10 bits per heavy atom. The number of rotatable bonds is 4. The van der Waals surface area contributed by atoms with Gasteiger partial charge in [0.15, 0.2) is 5.76 Å². The van der Waals surface area contributed by atoms with Gasteiger partial charge >= 0.3 is 5.97 Å². The van der Waals surface area contributed by atoms with E-state index in [1.54, 1.807) is 12.1 Å². The number of halogens is 1. The first-order valence-electron chi connectivity index (χ1n) is 5.48. The van der Waals surface area contributed by atoms with Gasteiger partial charge in [-0.3, -0.25) is 4.79 Å². The summed E-state index contributed by atoms with van der Waals surface area (Å²) in [5.41, 5.74) is 0.344. The number of methoxy groups -OCH3 is 1. The van der Waals surface area contributed by atoms with Crippen LogP contribution in [0.5, 0.6) is 5.75 Å². The highest BCUT2D eigenvalue weighted by Crippen LogP contribution is 2.27. The maximum atomic E-state index is 11.8. The molecule has 1 amide bonds. The fourth-order valence-electron chi connectivity index (χ4n) is 1.50. The summed E-state index contributed by atoms with van der Waals surface area (Å²) in [5.74, 6) is -1.36. The van der Waals surface area contributed by atoms with Gasteiger partial charge in [0.2, 0.25) is 0 Å². The van der Waals surface area contributed by atoms with Crippen LogP contribution in [0, 0.1) is 0 Å². The summed E-state index contributed by atoms with van der Waals surface area (Å²) in [7, 11) is 1.48. The molecule has 0 saturated heterocycles. The van der Waals surface area contributed by atoms with Crippen molar-refractivity contribution in [3.63, 3.8) is 0 Å². The van der Waals surface area contributed by atoms with Crippen molar-refractivity contribution >= 4 is 29.2 Å². The highest BCUT2D eigenvalue weighted by atomic mass is 35.5. The molecular formula is C13H10ClNO5. The Morgan fingerprint density at radius 1 is 1.35 bits per heavy atom. The van der Waals surface area contributed by atoms with Gasteiger partial charge in [-0.05, 0) is 18.2 Å². The van der Waals surface area contributed by atoms with E-state index in [4.69, 9.17) is 25.9 Å². The first-order chi connectivity index (χ1) is 9.51. The number of carbonyl (C=O) groups excluding carboxylic acids is 1. The van der Waals surface area contributed by atoms with E-state index in [0.29, 0.717) is 16.5 Å². The van der Waals surface area contributed by atoms with E-state index >= 15 is 0 Å². The molecule has 1 aromatic heterocycles. The largest absolute Gasteiger partial charge is 0.495 e. The van der Waals surface area contributed by atoms with E-state index in [2.05, 4.69) is 5.32 Å². The minimum atomic E-state index is -1.17. The second kappa shape index (κ2) is 5.66. The van der Waals surface area contributed by atoms with Crippen LogP contribution in [0.2, 0.25) is 5.02 Å². The highest BCUT2D eigenvalue weighted by Gasteiger charge is 2.15. The van der Waals surface area contributed by atoms with Gasteiger partial charge in [0.1, 0.15) is 12.0 Å². The van der Waals surface area contributed by atoms with Crippen LogP contribution in [0.15, 0.2) is 34.9 Å². The van der Waals surface area contributed by atoms with Gasteiger partial charge < -0.3 is 19.6 Å². The fraction of sp³-hybridized carbons (Fsp3) is 0.0769. The molecule has 0 aliphatic carbocycles. The molecule has 104 valence electrons. The van der Waals surface area contributed by atoms with Crippen molar-refractivity contribution in [2.24, 2.45) is 0 Å². The van der Waals surface area contributed by atoms with Crippen LogP contribution in [-0.4, -0.2) is 24.1 Å². The van der Waals surface area contributed by atoms with Crippen molar-refractivity contribution < 1.29 is 23.8 Å². The summed E-state index contributed by atoms with van der Waals surface area (Å²) in [6, 6.07) is 5.86. The molecule has 0 aliphatic heterocycles. The summed E-state index contributed by atoms with van der Waals surface area (Å²) in [6.07, 6.45) is 0.998. The molecule has 1 heterocycles. The highest BCUT2D eigenvalue weighted by molar-refractivity contribution is 6.32. The van der Waals surface area contributed by atoms with Crippen LogP contribution in [-0.2, 0) is 0 Å². The van der Waals surface area contributed by atoms with E-state index in [1.807, 2.05) is 0 Å². The lowest BCUT2D eigenvalue weighted by molar-refractivity contribution is 0.0696. The van der Waals surface area contributed by atoms with E-state index in [1.165, 1.54) is 13.2 Å². The second-order valence-corrected chi connectivity index (χ2v) is 4.22. The SMILES string of the molecule is COc1ccc(NC(=O)c2cc(C(=O)O)co2)cc1Cl. The Bertz CT molecular complexity index is 665. The maximum Gasteiger partial charge on any atom is 0.338 e. The van der Waals surface area contributed by atoms with Gasteiger partial charge in [-0.1, -0.05) is 11.6 Å². The summed E-state index contributed by atoms with van der Waals surface area (Å²) in [4.78, 5) is 22.5. The third-order valence-corrected chi connectivity index (χ3v) is 2.78. The number of hydrogen-bond acceptors (Lipinski definition) is 4. The molecule has 2 rings (SSSR count). The summed E-state index contributed by atoms with van der Waals surface area (Å²) >= 11 is 5.93. The molecule has 6 nitrogen and oxygen atoms in total. The van der Waals surface area contributed by atoms with Crippen LogP contribution in [0.3, 0.4) is 0 Å². The zero-order valence-electron chi connectivity index (χ0n) is 10.3. The standard InChI is InChI=1S/C13H10ClNO5/c1-19-10-3-2-8(5-9(10)14)15-12(16)11-4-7(6-20-11)13(17)18/h2-6H,1H3,(H,15,16)(H,17,18). The Kier molecular flexibility index (Phi) is 3.95. The number of anilines is 1. The minimum absolute atomic E-state index is 0.0945. The molecular weight excluding hydrogens is 286 g/mol. The van der Waals surface area contributed by atoms with Crippen LogP contribution >= 0.6 is 11.6 Å². The molecule has 2 aromatic rings. The summed E-state index contributed by atoms with van der Waals surface area (Å²) in [5, 5.41) is 11.6. The van der Waals surface area contributed by atoms with Gasteiger partial charge in [0, 0.05) is 11.8 Å². The number of benzene rings is 1. The van der Waals surface area contributed by atoms with E-state index in [9.17, 15) is 9.59 Å². The van der Waals surface area contributed by atoms with Gasteiger partial charge in [-0.2, -0.15) is 0 Å². The topological polar surface area (TPSA) is 88.8 Å². The third-order valence-electron chi connectivity index (χ3n) is 2.48. The smallest absolute Gasteiger partial charge is 0.338 e. The predicted molar refractivity (Wildman–Crippen MR) is 71.6 cm³/mol. The predicted octanol–water partition coefficient (Wildman–Crippen LogP) is 2.89. The van der Waals surface area contributed by atoms with Crippen LogP contribution in [0.1, 0.15) is 20.9 Å². The number of hydrogen-bond donors (Lipinski definition) is 2. The minimum Gasteiger partial charge on any atom is -0.495 e. The second-order valence-electron chi connectivity index (χ2n) is 3.81. The van der Waals surface area contributed by atoms with Crippen LogP contribution in [0.4, 0.5) is 5.69 Å². The Hall–Kier alpha value is -2.47. The first-order valence-corrected chi connectivity index (χ1v) is 5.86. The lowest BCUT2D eigenvalue weighted by Crippen LogP contribution is -2.11. The monoisotopic (exact) mass is 295 g/mol. The molecule has 0 saturated carbocycles. The van der Waals surface area contributed by atoms with Crippen molar-refractivity contribution in [1.82, 2.24) is 0 Å². The molecule has 1 aromatic carbocycles. The Balaban J connectivity index is 2.14. The zero-order valence-corrected chi connectivity index (χ0v) is 11.1. The quantitative estimate of drug-likeness (QED) is 0.905. The molecule has 0 atom stereocenters. The number of carboxylic acids is 1. The summed E-state index contributed by atoms with van der Waals surface area (Å²) in [6.45, 7) is 0. The average molecular weight is 296 g/mol. The van der Waals surface area contributed by atoms with Crippen molar-refractivity contribution in [3.05, 3.63) is 46.9 Å². The van der Waals surface area contributed by atoms with Gasteiger partial charge in [0.25, 0.3) is 5.91 Å². The average Bonchev–Trinajstić information content (AvgIpc) is 2.88. The Labute approximate surface area is 118 Å². The number of ether oxygens (including phenoxy) is 1. The van der Waals surface area contributed by atoms with Gasteiger partial charge in [-0.15, -0.1) is 0 Å². The van der Waals surface area contributed by atoms with Crippen LogP contribution in [0.25, 0.3) is 0 Å². The normalized spacial score (nSPS) is 10.1. The van der Waals surface area contributed by atoms with E-state index in [-0.39, 0.29) is 11.3 Å². The zero-order chi connectivity index (χ0) is 14.7. The van der Waals surface area contributed by atoms with E-state index in [0.717, 1.165) is 12.3 Å². The molecule has 0 aliphatic rings. The van der Waals surface area contributed by atoms with Gasteiger partial charge in [-0.25, -0.2) is 4.79 Å². The molecule has 0 spiro atoms. The number of amides is 1. The lowest BCUT2D eigenvalue weighted by atomic mass is 10.2. The maximum absolute atomic E-state index is 11.8. The molecule has 0 unspecified atom stereocenters. The molecule has 0 fully saturated rings. The van der Waals surface area contributed by atoms with Crippen molar-refractivity contribution in [1.29, 1.82) is 0 Å². The molecule has 0 radical (unpaired) electrons. The number of carbonyl (C=O) groups is 2. The van der Waals surface area contributed by atoms with Crippen molar-refractivity contribution in [3.8, 4) is 5.75 Å². The fourth-order valence-corrected chi connectivity index (χ4v) is 1.76. The number of furan rings is 1. The molecule has 7 heteroatoms. The lowest BCUT2D eigenvalue weighted by Gasteiger charge is -2.06. The Morgan fingerprint density at radius 3 is 2.65 bits per heavy atom.